The quantitative estimate of drug-likeness (QED) is 0.855. The van der Waals surface area contributed by atoms with Gasteiger partial charge in [0.1, 0.15) is 5.69 Å². The first-order valence-corrected chi connectivity index (χ1v) is 8.48. The molecule has 25 heavy (non-hydrogen) atoms. The number of nitrogens with one attached hydrogen (secondary N) is 1. The molecule has 8 nitrogen and oxygen atoms in total. The highest BCUT2D eigenvalue weighted by Crippen LogP contribution is 2.26. The van der Waals surface area contributed by atoms with E-state index >= 15 is 0 Å². The number of aromatic amines is 1. The SMILES string of the molecule is Cc1nn(C)c(C)c1CC(=O)N1CCC[C@H](c2cc(C(N)=O)n[nH]2)C1. The van der Waals surface area contributed by atoms with Crippen molar-refractivity contribution in [2.24, 2.45) is 12.8 Å². The number of nitrogens with zero attached hydrogens (tertiary/aromatic N) is 4. The summed E-state index contributed by atoms with van der Waals surface area (Å²) in [5.41, 5.74) is 9.29. The van der Waals surface area contributed by atoms with Crippen LogP contribution in [-0.2, 0) is 18.3 Å². The number of H-pyrrole nitrogens is 1. The molecule has 1 saturated heterocycles. The Kier molecular flexibility index (Phi) is 4.61. The van der Waals surface area contributed by atoms with Crippen LogP contribution in [0.25, 0.3) is 0 Å². The van der Waals surface area contributed by atoms with Gasteiger partial charge >= 0.3 is 0 Å². The number of likely N-dealkylation sites (tertiary alicyclic amines) is 1. The summed E-state index contributed by atoms with van der Waals surface area (Å²) in [6, 6.07) is 1.69. The number of aromatic nitrogens is 4. The molecule has 0 unspecified atom stereocenters. The fourth-order valence-electron chi connectivity index (χ4n) is 3.47. The summed E-state index contributed by atoms with van der Waals surface area (Å²) in [4.78, 5) is 25.9. The van der Waals surface area contributed by atoms with E-state index in [2.05, 4.69) is 15.3 Å². The van der Waals surface area contributed by atoms with Crippen molar-refractivity contribution in [1.82, 2.24) is 24.9 Å². The summed E-state index contributed by atoms with van der Waals surface area (Å²) in [7, 11) is 1.89. The molecule has 0 aliphatic carbocycles. The molecule has 0 radical (unpaired) electrons. The molecule has 1 fully saturated rings. The molecule has 2 amide bonds. The van der Waals surface area contributed by atoms with Gasteiger partial charge in [-0.15, -0.1) is 0 Å². The van der Waals surface area contributed by atoms with E-state index in [-0.39, 0.29) is 17.5 Å². The number of hydrogen-bond donors (Lipinski definition) is 2. The Labute approximate surface area is 146 Å². The Balaban J connectivity index is 1.70. The number of rotatable bonds is 4. The van der Waals surface area contributed by atoms with Crippen molar-refractivity contribution in [3.05, 3.63) is 34.4 Å². The number of amides is 2. The van der Waals surface area contributed by atoms with Gasteiger partial charge < -0.3 is 10.6 Å². The second-order valence-corrected chi connectivity index (χ2v) is 6.70. The fourth-order valence-corrected chi connectivity index (χ4v) is 3.47. The molecule has 1 atom stereocenters. The van der Waals surface area contributed by atoms with Gasteiger partial charge in [-0.05, 0) is 32.8 Å². The van der Waals surface area contributed by atoms with Crippen LogP contribution >= 0.6 is 0 Å². The lowest BCUT2D eigenvalue weighted by Crippen LogP contribution is -2.40. The summed E-state index contributed by atoms with van der Waals surface area (Å²) < 4.78 is 1.81. The lowest BCUT2D eigenvalue weighted by molar-refractivity contribution is -0.131. The van der Waals surface area contributed by atoms with Crippen molar-refractivity contribution < 1.29 is 9.59 Å². The zero-order valence-corrected chi connectivity index (χ0v) is 14.9. The smallest absolute Gasteiger partial charge is 0.269 e. The minimum Gasteiger partial charge on any atom is -0.364 e. The van der Waals surface area contributed by atoms with E-state index in [1.54, 1.807) is 6.07 Å². The zero-order chi connectivity index (χ0) is 18.1. The van der Waals surface area contributed by atoms with Crippen molar-refractivity contribution in [2.45, 2.75) is 39.0 Å². The third kappa shape index (κ3) is 3.42. The molecular weight excluding hydrogens is 320 g/mol. The van der Waals surface area contributed by atoms with E-state index in [4.69, 9.17) is 5.73 Å². The van der Waals surface area contributed by atoms with Gasteiger partial charge in [-0.1, -0.05) is 0 Å². The first-order chi connectivity index (χ1) is 11.9. The molecule has 0 bridgehead atoms. The summed E-state index contributed by atoms with van der Waals surface area (Å²) in [5.74, 6) is -0.290. The Hall–Kier alpha value is -2.64. The number of aryl methyl sites for hydroxylation is 2. The van der Waals surface area contributed by atoms with Gasteiger partial charge in [0.15, 0.2) is 0 Å². The van der Waals surface area contributed by atoms with Crippen molar-refractivity contribution in [3.8, 4) is 0 Å². The maximum Gasteiger partial charge on any atom is 0.269 e. The van der Waals surface area contributed by atoms with Crippen molar-refractivity contribution in [2.75, 3.05) is 13.1 Å². The third-order valence-corrected chi connectivity index (χ3v) is 5.05. The Morgan fingerprint density at radius 2 is 2.16 bits per heavy atom. The number of primary amides is 1. The van der Waals surface area contributed by atoms with Crippen LogP contribution in [0.5, 0.6) is 0 Å². The number of carbonyl (C=O) groups is 2. The second-order valence-electron chi connectivity index (χ2n) is 6.70. The lowest BCUT2D eigenvalue weighted by Gasteiger charge is -2.32. The molecule has 3 heterocycles. The fraction of sp³-hybridized carbons (Fsp3) is 0.529. The highest BCUT2D eigenvalue weighted by molar-refractivity contribution is 5.90. The van der Waals surface area contributed by atoms with Crippen molar-refractivity contribution in [3.63, 3.8) is 0 Å². The average Bonchev–Trinajstić information content (AvgIpc) is 3.16. The molecule has 3 N–H and O–H groups in total. The molecule has 0 aromatic carbocycles. The van der Waals surface area contributed by atoms with Gasteiger partial charge in [0.25, 0.3) is 5.91 Å². The molecule has 2 aromatic heterocycles. The minimum atomic E-state index is -0.547. The van der Waals surface area contributed by atoms with Crippen LogP contribution in [-0.4, -0.2) is 49.8 Å². The number of nitrogens with two attached hydrogens (primary N) is 1. The summed E-state index contributed by atoms with van der Waals surface area (Å²) >= 11 is 0. The monoisotopic (exact) mass is 344 g/mol. The van der Waals surface area contributed by atoms with Crippen LogP contribution in [0.15, 0.2) is 6.07 Å². The Morgan fingerprint density at radius 1 is 1.40 bits per heavy atom. The highest BCUT2D eigenvalue weighted by Gasteiger charge is 2.27. The van der Waals surface area contributed by atoms with Crippen LogP contribution < -0.4 is 5.73 Å². The van der Waals surface area contributed by atoms with E-state index in [0.29, 0.717) is 13.0 Å². The van der Waals surface area contributed by atoms with Gasteiger partial charge in [0.2, 0.25) is 5.91 Å². The second kappa shape index (κ2) is 6.70. The van der Waals surface area contributed by atoms with Gasteiger partial charge in [0.05, 0.1) is 12.1 Å². The first kappa shape index (κ1) is 17.2. The predicted molar refractivity (Wildman–Crippen MR) is 92.0 cm³/mol. The molecule has 1 aliphatic heterocycles. The van der Waals surface area contributed by atoms with E-state index < -0.39 is 5.91 Å². The molecule has 1 aliphatic rings. The van der Waals surface area contributed by atoms with E-state index in [0.717, 1.165) is 42.0 Å². The molecule has 0 saturated carbocycles. The molecular formula is C17H24N6O2. The Morgan fingerprint density at radius 3 is 2.76 bits per heavy atom. The minimum absolute atomic E-state index is 0.110. The molecule has 0 spiro atoms. The van der Waals surface area contributed by atoms with Gasteiger partial charge in [-0.25, -0.2) is 0 Å². The highest BCUT2D eigenvalue weighted by atomic mass is 16.2. The summed E-state index contributed by atoms with van der Waals surface area (Å²) in [6.07, 6.45) is 2.25. The van der Waals surface area contributed by atoms with Crippen molar-refractivity contribution >= 4 is 11.8 Å². The normalized spacial score (nSPS) is 17.7. The summed E-state index contributed by atoms with van der Waals surface area (Å²) in [6.45, 7) is 5.30. The van der Waals surface area contributed by atoms with Crippen molar-refractivity contribution in [1.29, 1.82) is 0 Å². The van der Waals surface area contributed by atoms with Crippen LogP contribution in [0, 0.1) is 13.8 Å². The van der Waals surface area contributed by atoms with E-state index in [1.165, 1.54) is 0 Å². The van der Waals surface area contributed by atoms with E-state index in [9.17, 15) is 9.59 Å². The van der Waals surface area contributed by atoms with Gasteiger partial charge in [-0.2, -0.15) is 10.2 Å². The van der Waals surface area contributed by atoms with E-state index in [1.807, 2.05) is 30.5 Å². The van der Waals surface area contributed by atoms with Crippen LogP contribution in [0.3, 0.4) is 0 Å². The van der Waals surface area contributed by atoms with Crippen LogP contribution in [0.2, 0.25) is 0 Å². The molecule has 8 heteroatoms. The first-order valence-electron chi connectivity index (χ1n) is 8.48. The van der Waals surface area contributed by atoms with Crippen LogP contribution in [0.4, 0.5) is 0 Å². The molecule has 3 rings (SSSR count). The third-order valence-electron chi connectivity index (χ3n) is 5.05. The largest absolute Gasteiger partial charge is 0.364 e. The Bertz CT molecular complexity index is 806. The molecule has 2 aromatic rings. The van der Waals surface area contributed by atoms with Gasteiger partial charge in [-0.3, -0.25) is 19.4 Å². The summed E-state index contributed by atoms with van der Waals surface area (Å²) in [5, 5.41) is 11.2. The average molecular weight is 344 g/mol. The number of piperidine rings is 1. The standard InChI is InChI=1S/C17H24N6O2/c1-10-13(11(2)22(3)21-10)7-16(24)23-6-4-5-12(9-23)14-8-15(17(18)25)20-19-14/h8,12H,4-7,9H2,1-3H3,(H2,18,25)(H,19,20)/t12-/m0/s1. The van der Waals surface area contributed by atoms with Gasteiger partial charge in [0, 0.05) is 43.0 Å². The number of carbonyl (C=O) groups excluding carboxylic acids is 2. The maximum absolute atomic E-state index is 12.8. The maximum atomic E-state index is 12.8. The van der Waals surface area contributed by atoms with Crippen LogP contribution in [0.1, 0.15) is 51.9 Å². The predicted octanol–water partition coefficient (Wildman–Crippen LogP) is 0.808. The number of hydrogen-bond acceptors (Lipinski definition) is 4. The topological polar surface area (TPSA) is 110 Å². The zero-order valence-electron chi connectivity index (χ0n) is 14.9. The molecule has 134 valence electrons. The lowest BCUT2D eigenvalue weighted by atomic mass is 9.94.